The average molecular weight is 281 g/mol. The smallest absolute Gasteiger partial charge is 0.223 e. The van der Waals surface area contributed by atoms with E-state index >= 15 is 0 Å². The van der Waals surface area contributed by atoms with Crippen molar-refractivity contribution in [1.82, 2.24) is 5.32 Å². The molecule has 0 aromatic heterocycles. The summed E-state index contributed by atoms with van der Waals surface area (Å²) in [6.07, 6.45) is 11.5. The maximum atomic E-state index is 11.7. The second-order valence-corrected chi connectivity index (χ2v) is 6.59. The molecular weight excluding hydrogens is 254 g/mol. The number of hydrogen-bond donors (Lipinski definition) is 1. The molecule has 3 unspecified atom stereocenters. The van der Waals surface area contributed by atoms with Gasteiger partial charge in [0, 0.05) is 6.61 Å². The number of amides is 1. The molecule has 0 spiro atoms. The Morgan fingerprint density at radius 2 is 1.90 bits per heavy atom. The van der Waals surface area contributed by atoms with Crippen molar-refractivity contribution in [2.75, 3.05) is 6.61 Å². The van der Waals surface area contributed by atoms with E-state index in [9.17, 15) is 4.79 Å². The van der Waals surface area contributed by atoms with E-state index in [1.807, 2.05) is 0 Å². The standard InChI is InChI=1S/C16H27NO3/c18-15-11-14(20-16-8-4-5-9-19-16)13(17-15)10-12-6-2-1-3-7-12/h12-14,16H,1-11H2,(H,17,18). The van der Waals surface area contributed by atoms with Crippen LogP contribution in [-0.2, 0) is 14.3 Å². The third kappa shape index (κ3) is 3.73. The summed E-state index contributed by atoms with van der Waals surface area (Å²) < 4.78 is 11.7. The highest BCUT2D eigenvalue weighted by Gasteiger charge is 2.36. The van der Waals surface area contributed by atoms with Crippen molar-refractivity contribution >= 4 is 5.91 Å². The minimum Gasteiger partial charge on any atom is -0.353 e. The van der Waals surface area contributed by atoms with Crippen LogP contribution in [0.1, 0.15) is 64.2 Å². The van der Waals surface area contributed by atoms with Gasteiger partial charge >= 0.3 is 0 Å². The third-order valence-electron chi connectivity index (χ3n) is 4.96. The highest BCUT2D eigenvalue weighted by Crippen LogP contribution is 2.31. The van der Waals surface area contributed by atoms with Crippen LogP contribution in [0.25, 0.3) is 0 Å². The fraction of sp³-hybridized carbons (Fsp3) is 0.938. The average Bonchev–Trinajstić information content (AvgIpc) is 2.81. The molecule has 2 saturated heterocycles. The molecule has 1 saturated carbocycles. The van der Waals surface area contributed by atoms with E-state index < -0.39 is 0 Å². The molecule has 4 nitrogen and oxygen atoms in total. The van der Waals surface area contributed by atoms with Gasteiger partial charge < -0.3 is 14.8 Å². The van der Waals surface area contributed by atoms with Gasteiger partial charge in [0.25, 0.3) is 0 Å². The van der Waals surface area contributed by atoms with Gasteiger partial charge in [-0.1, -0.05) is 32.1 Å². The first kappa shape index (κ1) is 14.3. The molecule has 1 aliphatic carbocycles. The van der Waals surface area contributed by atoms with Crippen molar-refractivity contribution in [3.8, 4) is 0 Å². The molecule has 3 rings (SSSR count). The predicted molar refractivity (Wildman–Crippen MR) is 76.2 cm³/mol. The molecule has 1 amide bonds. The molecule has 0 aromatic rings. The number of nitrogens with one attached hydrogen (secondary N) is 1. The molecule has 0 bridgehead atoms. The lowest BCUT2D eigenvalue weighted by atomic mass is 9.84. The first-order chi connectivity index (χ1) is 9.81. The SMILES string of the molecule is O=C1CC(OC2CCCCO2)C(CC2CCCCC2)N1. The third-order valence-corrected chi connectivity index (χ3v) is 4.96. The highest BCUT2D eigenvalue weighted by atomic mass is 16.7. The fourth-order valence-electron chi connectivity index (χ4n) is 3.83. The maximum absolute atomic E-state index is 11.7. The Morgan fingerprint density at radius 1 is 1.10 bits per heavy atom. The van der Waals surface area contributed by atoms with Gasteiger partial charge in [0.15, 0.2) is 6.29 Å². The van der Waals surface area contributed by atoms with Crippen LogP contribution in [0.3, 0.4) is 0 Å². The second kappa shape index (κ2) is 6.90. The molecule has 114 valence electrons. The first-order valence-electron chi connectivity index (χ1n) is 8.37. The number of carbonyl (C=O) groups is 1. The molecule has 2 aliphatic heterocycles. The van der Waals surface area contributed by atoms with E-state index in [4.69, 9.17) is 9.47 Å². The summed E-state index contributed by atoms with van der Waals surface area (Å²) in [4.78, 5) is 11.7. The topological polar surface area (TPSA) is 47.6 Å². The summed E-state index contributed by atoms with van der Waals surface area (Å²) in [5.41, 5.74) is 0. The Kier molecular flexibility index (Phi) is 4.94. The van der Waals surface area contributed by atoms with Gasteiger partial charge in [0.2, 0.25) is 5.91 Å². The Bertz CT molecular complexity index is 292. The van der Waals surface area contributed by atoms with Crippen LogP contribution in [0.4, 0.5) is 0 Å². The molecular formula is C16H27NO3. The molecule has 20 heavy (non-hydrogen) atoms. The van der Waals surface area contributed by atoms with E-state index in [1.54, 1.807) is 0 Å². The zero-order chi connectivity index (χ0) is 13.8. The van der Waals surface area contributed by atoms with E-state index in [2.05, 4.69) is 5.32 Å². The van der Waals surface area contributed by atoms with Crippen molar-refractivity contribution in [3.05, 3.63) is 0 Å². The summed E-state index contributed by atoms with van der Waals surface area (Å²) in [6.45, 7) is 0.798. The van der Waals surface area contributed by atoms with Crippen LogP contribution >= 0.6 is 0 Å². The van der Waals surface area contributed by atoms with Crippen LogP contribution in [0.15, 0.2) is 0 Å². The second-order valence-electron chi connectivity index (χ2n) is 6.59. The summed E-state index contributed by atoms with van der Waals surface area (Å²) in [5.74, 6) is 0.914. The predicted octanol–water partition coefficient (Wildman–Crippen LogP) is 2.76. The lowest BCUT2D eigenvalue weighted by molar-refractivity contribution is -0.190. The van der Waals surface area contributed by atoms with Gasteiger partial charge in [0.05, 0.1) is 18.6 Å². The van der Waals surface area contributed by atoms with E-state index in [0.717, 1.165) is 31.8 Å². The van der Waals surface area contributed by atoms with E-state index in [0.29, 0.717) is 6.42 Å². The minimum atomic E-state index is -0.0877. The molecule has 4 heteroatoms. The molecule has 0 aromatic carbocycles. The number of carbonyl (C=O) groups excluding carboxylic acids is 1. The van der Waals surface area contributed by atoms with Crippen LogP contribution in [0, 0.1) is 5.92 Å². The maximum Gasteiger partial charge on any atom is 0.223 e. The van der Waals surface area contributed by atoms with E-state index in [-0.39, 0.29) is 24.3 Å². The quantitative estimate of drug-likeness (QED) is 0.862. The van der Waals surface area contributed by atoms with Crippen molar-refractivity contribution in [2.24, 2.45) is 5.92 Å². The van der Waals surface area contributed by atoms with Crippen molar-refractivity contribution < 1.29 is 14.3 Å². The van der Waals surface area contributed by atoms with Gasteiger partial charge in [0.1, 0.15) is 0 Å². The van der Waals surface area contributed by atoms with Gasteiger partial charge in [-0.2, -0.15) is 0 Å². The number of ether oxygens (including phenoxy) is 2. The Balaban J connectivity index is 1.52. The lowest BCUT2D eigenvalue weighted by Crippen LogP contribution is -2.38. The van der Waals surface area contributed by atoms with Crippen LogP contribution in [0.2, 0.25) is 0 Å². The molecule has 3 aliphatic rings. The first-order valence-corrected chi connectivity index (χ1v) is 8.37. The normalized spacial score (nSPS) is 36.0. The molecule has 3 fully saturated rings. The van der Waals surface area contributed by atoms with Gasteiger partial charge in [-0.25, -0.2) is 0 Å². The highest BCUT2D eigenvalue weighted by molar-refractivity contribution is 5.79. The fourth-order valence-corrected chi connectivity index (χ4v) is 3.83. The zero-order valence-electron chi connectivity index (χ0n) is 12.3. The van der Waals surface area contributed by atoms with Gasteiger partial charge in [-0.05, 0) is 31.6 Å². The Hall–Kier alpha value is -0.610. The Morgan fingerprint density at radius 3 is 2.65 bits per heavy atom. The largest absolute Gasteiger partial charge is 0.353 e. The summed E-state index contributed by atoms with van der Waals surface area (Å²) in [5, 5.41) is 3.12. The zero-order valence-corrected chi connectivity index (χ0v) is 12.3. The summed E-state index contributed by atoms with van der Waals surface area (Å²) in [7, 11) is 0. The molecule has 2 heterocycles. The summed E-state index contributed by atoms with van der Waals surface area (Å²) >= 11 is 0. The Labute approximate surface area is 121 Å². The lowest BCUT2D eigenvalue weighted by Gasteiger charge is -2.30. The number of hydrogen-bond acceptors (Lipinski definition) is 3. The molecule has 1 N–H and O–H groups in total. The molecule has 0 radical (unpaired) electrons. The minimum absolute atomic E-state index is 0.0209. The van der Waals surface area contributed by atoms with Crippen molar-refractivity contribution in [1.29, 1.82) is 0 Å². The van der Waals surface area contributed by atoms with Gasteiger partial charge in [-0.15, -0.1) is 0 Å². The van der Waals surface area contributed by atoms with Crippen LogP contribution in [-0.4, -0.2) is 30.9 Å². The van der Waals surface area contributed by atoms with E-state index in [1.165, 1.54) is 38.5 Å². The van der Waals surface area contributed by atoms with Gasteiger partial charge in [-0.3, -0.25) is 4.79 Å². The molecule has 3 atom stereocenters. The monoisotopic (exact) mass is 281 g/mol. The number of rotatable bonds is 4. The van der Waals surface area contributed by atoms with Crippen molar-refractivity contribution in [3.63, 3.8) is 0 Å². The van der Waals surface area contributed by atoms with Crippen LogP contribution in [0.5, 0.6) is 0 Å². The van der Waals surface area contributed by atoms with Crippen LogP contribution < -0.4 is 5.32 Å². The summed E-state index contributed by atoms with van der Waals surface area (Å²) in [6, 6.07) is 0.205. The van der Waals surface area contributed by atoms with Crippen molar-refractivity contribution in [2.45, 2.75) is 82.6 Å².